The molecule has 4 nitrogen and oxygen atoms in total. The first kappa shape index (κ1) is 11.5. The standard InChI is InChI=1S/C10H10ClNO3/c1-6-3-9(15-2)7(11)4-8(6)12-10(14)5-13/h3-5H,1-2H3,(H,12,14). The van der Waals surface area contributed by atoms with Crippen LogP contribution in [0.15, 0.2) is 12.1 Å². The molecule has 0 aliphatic heterocycles. The zero-order valence-corrected chi connectivity index (χ0v) is 9.09. The lowest BCUT2D eigenvalue weighted by Gasteiger charge is -2.09. The molecule has 1 amide bonds. The minimum atomic E-state index is -0.709. The third kappa shape index (κ3) is 2.70. The van der Waals surface area contributed by atoms with Gasteiger partial charge in [0.05, 0.1) is 12.1 Å². The molecule has 15 heavy (non-hydrogen) atoms. The lowest BCUT2D eigenvalue weighted by molar-refractivity contribution is -0.127. The Kier molecular flexibility index (Phi) is 3.68. The SMILES string of the molecule is COc1cc(C)c(NC(=O)C=O)cc1Cl. The lowest BCUT2D eigenvalue weighted by atomic mass is 10.2. The number of nitrogens with one attached hydrogen (secondary N) is 1. The highest BCUT2D eigenvalue weighted by Gasteiger charge is 2.08. The summed E-state index contributed by atoms with van der Waals surface area (Å²) < 4.78 is 5.00. The number of methoxy groups -OCH3 is 1. The number of hydrogen-bond acceptors (Lipinski definition) is 3. The van der Waals surface area contributed by atoms with Crippen molar-refractivity contribution >= 4 is 29.5 Å². The van der Waals surface area contributed by atoms with E-state index in [4.69, 9.17) is 16.3 Å². The van der Waals surface area contributed by atoms with Crippen LogP contribution in [0.4, 0.5) is 5.69 Å². The maximum absolute atomic E-state index is 10.8. The maximum atomic E-state index is 10.8. The van der Waals surface area contributed by atoms with Crippen molar-refractivity contribution in [3.8, 4) is 5.75 Å². The van der Waals surface area contributed by atoms with E-state index in [0.717, 1.165) is 5.56 Å². The number of aldehydes is 1. The average molecular weight is 228 g/mol. The number of carbonyl (C=O) groups is 2. The van der Waals surface area contributed by atoms with Gasteiger partial charge in [0.25, 0.3) is 5.91 Å². The van der Waals surface area contributed by atoms with Crippen molar-refractivity contribution in [1.82, 2.24) is 0 Å². The second-order valence-corrected chi connectivity index (χ2v) is 3.32. The summed E-state index contributed by atoms with van der Waals surface area (Å²) in [6.45, 7) is 1.78. The molecule has 0 unspecified atom stereocenters. The molecule has 0 saturated heterocycles. The second kappa shape index (κ2) is 4.79. The van der Waals surface area contributed by atoms with Crippen LogP contribution in [-0.4, -0.2) is 19.3 Å². The van der Waals surface area contributed by atoms with Gasteiger partial charge in [0.2, 0.25) is 6.29 Å². The number of rotatable bonds is 3. The Bertz CT molecular complexity index is 404. The highest BCUT2D eigenvalue weighted by atomic mass is 35.5. The largest absolute Gasteiger partial charge is 0.495 e. The Hall–Kier alpha value is -1.55. The molecule has 0 saturated carbocycles. The van der Waals surface area contributed by atoms with Crippen molar-refractivity contribution in [2.45, 2.75) is 6.92 Å². The Balaban J connectivity index is 3.05. The van der Waals surface area contributed by atoms with Crippen molar-refractivity contribution in [1.29, 1.82) is 0 Å². The monoisotopic (exact) mass is 227 g/mol. The van der Waals surface area contributed by atoms with E-state index < -0.39 is 5.91 Å². The van der Waals surface area contributed by atoms with Gasteiger partial charge in [0.1, 0.15) is 5.75 Å². The second-order valence-electron chi connectivity index (χ2n) is 2.91. The number of carbonyl (C=O) groups excluding carboxylic acids is 2. The molecule has 1 aromatic carbocycles. The molecular formula is C10H10ClNO3. The van der Waals surface area contributed by atoms with Crippen molar-refractivity contribution in [3.63, 3.8) is 0 Å². The van der Waals surface area contributed by atoms with E-state index in [0.29, 0.717) is 16.5 Å². The number of amides is 1. The van der Waals surface area contributed by atoms with Gasteiger partial charge in [-0.3, -0.25) is 9.59 Å². The zero-order valence-electron chi connectivity index (χ0n) is 8.33. The van der Waals surface area contributed by atoms with Gasteiger partial charge in [-0.05, 0) is 24.6 Å². The third-order valence-electron chi connectivity index (χ3n) is 1.86. The van der Waals surface area contributed by atoms with Crippen molar-refractivity contribution in [3.05, 3.63) is 22.7 Å². The summed E-state index contributed by atoms with van der Waals surface area (Å²) in [7, 11) is 1.50. The third-order valence-corrected chi connectivity index (χ3v) is 2.16. The fourth-order valence-electron chi connectivity index (χ4n) is 1.11. The summed E-state index contributed by atoms with van der Waals surface area (Å²) in [5.41, 5.74) is 1.27. The van der Waals surface area contributed by atoms with Crippen LogP contribution in [-0.2, 0) is 9.59 Å². The van der Waals surface area contributed by atoms with Crippen molar-refractivity contribution in [2.75, 3.05) is 12.4 Å². The van der Waals surface area contributed by atoms with Gasteiger partial charge in [0.15, 0.2) is 0 Å². The van der Waals surface area contributed by atoms with Gasteiger partial charge in [-0.2, -0.15) is 0 Å². The van der Waals surface area contributed by atoms with Gasteiger partial charge < -0.3 is 10.1 Å². The normalized spacial score (nSPS) is 9.53. The van der Waals surface area contributed by atoms with E-state index in [1.807, 2.05) is 0 Å². The molecule has 5 heteroatoms. The van der Waals surface area contributed by atoms with Gasteiger partial charge in [-0.15, -0.1) is 0 Å². The van der Waals surface area contributed by atoms with E-state index in [1.54, 1.807) is 13.0 Å². The maximum Gasteiger partial charge on any atom is 0.288 e. The van der Waals surface area contributed by atoms with Crippen molar-refractivity contribution in [2.24, 2.45) is 0 Å². The van der Waals surface area contributed by atoms with E-state index in [-0.39, 0.29) is 6.29 Å². The Morgan fingerprint density at radius 2 is 2.20 bits per heavy atom. The first-order chi connectivity index (χ1) is 7.08. The summed E-state index contributed by atoms with van der Waals surface area (Å²) in [5, 5.41) is 2.78. The fraction of sp³-hybridized carbons (Fsp3) is 0.200. The number of hydrogen-bond donors (Lipinski definition) is 1. The predicted octanol–water partition coefficient (Wildman–Crippen LogP) is 1.79. The number of anilines is 1. The van der Waals surface area contributed by atoms with Crippen LogP contribution in [0.2, 0.25) is 5.02 Å². The van der Waals surface area contributed by atoms with Gasteiger partial charge in [-0.25, -0.2) is 0 Å². The summed E-state index contributed by atoms with van der Waals surface area (Å²) in [4.78, 5) is 21.0. The van der Waals surface area contributed by atoms with Crippen LogP contribution in [0, 0.1) is 6.92 Å². The first-order valence-corrected chi connectivity index (χ1v) is 4.56. The first-order valence-electron chi connectivity index (χ1n) is 4.18. The topological polar surface area (TPSA) is 55.4 Å². The molecule has 0 aliphatic carbocycles. The summed E-state index contributed by atoms with van der Waals surface area (Å²) in [6.07, 6.45) is 0.206. The van der Waals surface area contributed by atoms with Crippen LogP contribution in [0.1, 0.15) is 5.56 Å². The highest BCUT2D eigenvalue weighted by Crippen LogP contribution is 2.30. The van der Waals surface area contributed by atoms with Crippen LogP contribution in [0.5, 0.6) is 5.75 Å². The quantitative estimate of drug-likeness (QED) is 0.633. The number of benzene rings is 1. The lowest BCUT2D eigenvalue weighted by Crippen LogP contribution is -2.13. The number of aryl methyl sites for hydroxylation is 1. The molecule has 0 fully saturated rings. The molecular weight excluding hydrogens is 218 g/mol. The highest BCUT2D eigenvalue weighted by molar-refractivity contribution is 6.33. The van der Waals surface area contributed by atoms with E-state index >= 15 is 0 Å². The predicted molar refractivity (Wildman–Crippen MR) is 57.4 cm³/mol. The smallest absolute Gasteiger partial charge is 0.288 e. The molecule has 1 rings (SSSR count). The minimum absolute atomic E-state index is 0.206. The van der Waals surface area contributed by atoms with Gasteiger partial charge in [0, 0.05) is 5.69 Å². The molecule has 0 radical (unpaired) electrons. The van der Waals surface area contributed by atoms with E-state index in [1.165, 1.54) is 13.2 Å². The Labute approximate surface area is 92.2 Å². The summed E-state index contributed by atoms with van der Waals surface area (Å²) in [5.74, 6) is -0.183. The van der Waals surface area contributed by atoms with Crippen LogP contribution >= 0.6 is 11.6 Å². The minimum Gasteiger partial charge on any atom is -0.495 e. The summed E-state index contributed by atoms with van der Waals surface area (Å²) >= 11 is 5.86. The molecule has 0 aromatic heterocycles. The van der Waals surface area contributed by atoms with Crippen LogP contribution in [0.3, 0.4) is 0 Å². The number of ether oxygens (including phenoxy) is 1. The summed E-state index contributed by atoms with van der Waals surface area (Å²) in [6, 6.07) is 3.22. The molecule has 80 valence electrons. The Morgan fingerprint density at radius 3 is 2.73 bits per heavy atom. The molecule has 0 spiro atoms. The zero-order chi connectivity index (χ0) is 11.4. The molecule has 0 bridgehead atoms. The van der Waals surface area contributed by atoms with Crippen molar-refractivity contribution < 1.29 is 14.3 Å². The molecule has 0 atom stereocenters. The molecule has 0 aliphatic rings. The fourth-order valence-corrected chi connectivity index (χ4v) is 1.35. The molecule has 1 aromatic rings. The van der Waals surface area contributed by atoms with E-state index in [9.17, 15) is 9.59 Å². The Morgan fingerprint density at radius 1 is 1.53 bits per heavy atom. The van der Waals surface area contributed by atoms with Crippen LogP contribution < -0.4 is 10.1 Å². The molecule has 0 heterocycles. The average Bonchev–Trinajstić information content (AvgIpc) is 2.22. The molecule has 1 N–H and O–H groups in total. The van der Waals surface area contributed by atoms with Gasteiger partial charge >= 0.3 is 0 Å². The number of halogens is 1. The van der Waals surface area contributed by atoms with E-state index in [2.05, 4.69) is 5.32 Å². The van der Waals surface area contributed by atoms with Crippen LogP contribution in [0.25, 0.3) is 0 Å². The van der Waals surface area contributed by atoms with Gasteiger partial charge in [-0.1, -0.05) is 11.6 Å².